The van der Waals surface area contributed by atoms with Crippen molar-refractivity contribution >= 4 is 40.9 Å². The molecule has 3 heterocycles. The third kappa shape index (κ3) is 4.65. The smallest absolute Gasteiger partial charge is 0.249 e. The third-order valence-corrected chi connectivity index (χ3v) is 5.13. The first-order valence-electron chi connectivity index (χ1n) is 9.43. The Morgan fingerprint density at radius 1 is 1.07 bits per heavy atom. The first kappa shape index (κ1) is 19.2. The van der Waals surface area contributed by atoms with Crippen molar-refractivity contribution in [3.8, 4) is 0 Å². The van der Waals surface area contributed by atoms with Crippen LogP contribution in [-0.4, -0.2) is 59.9 Å². The van der Waals surface area contributed by atoms with Gasteiger partial charge in [-0.05, 0) is 36.4 Å². The molecular formula is C20H21ClN6O2. The van der Waals surface area contributed by atoms with Gasteiger partial charge in [0.15, 0.2) is 0 Å². The van der Waals surface area contributed by atoms with Crippen molar-refractivity contribution in [2.45, 2.75) is 12.5 Å². The molecule has 1 fully saturated rings. The minimum absolute atomic E-state index is 0.0246. The number of pyridine rings is 1. The first-order chi connectivity index (χ1) is 14.1. The molecule has 0 saturated carbocycles. The topological polar surface area (TPSA) is 89.9 Å². The number of guanidine groups is 1. The number of anilines is 2. The van der Waals surface area contributed by atoms with E-state index in [0.717, 1.165) is 18.9 Å². The van der Waals surface area contributed by atoms with E-state index in [1.807, 2.05) is 23.1 Å². The molecule has 2 aliphatic heterocycles. The standard InChI is InChI=1S/C20H21ClN6O2/c21-14-4-6-15(7-5-14)23-19(29)16-13-18(28)25-20(24-16)27-11-9-26(10-12-27)17-3-1-2-8-22-17/h1-8,16H,9-13H2,(H,23,29)(H,24,25,28)/t16-/m0/s1. The molecule has 9 heteroatoms. The lowest BCUT2D eigenvalue weighted by Gasteiger charge is -2.38. The van der Waals surface area contributed by atoms with E-state index in [1.54, 1.807) is 30.5 Å². The number of aromatic nitrogens is 1. The Kier molecular flexibility index (Phi) is 5.62. The van der Waals surface area contributed by atoms with Crippen LogP contribution in [0.4, 0.5) is 11.5 Å². The lowest BCUT2D eigenvalue weighted by Crippen LogP contribution is -2.56. The SMILES string of the molecule is O=C1C[C@@H](C(=O)Nc2ccc(Cl)cc2)N=C(N2CCN(c3ccccn3)CC2)N1. The fourth-order valence-corrected chi connectivity index (χ4v) is 3.46. The molecule has 1 atom stereocenters. The van der Waals surface area contributed by atoms with Gasteiger partial charge in [0.05, 0.1) is 6.42 Å². The molecule has 0 aliphatic carbocycles. The van der Waals surface area contributed by atoms with Crippen molar-refractivity contribution < 1.29 is 9.59 Å². The summed E-state index contributed by atoms with van der Waals surface area (Å²) in [5.41, 5.74) is 0.617. The number of carbonyl (C=O) groups excluding carboxylic acids is 2. The van der Waals surface area contributed by atoms with Gasteiger partial charge in [0.2, 0.25) is 17.8 Å². The molecular weight excluding hydrogens is 392 g/mol. The van der Waals surface area contributed by atoms with E-state index >= 15 is 0 Å². The van der Waals surface area contributed by atoms with Crippen LogP contribution in [0.1, 0.15) is 6.42 Å². The number of nitrogens with one attached hydrogen (secondary N) is 2. The van der Waals surface area contributed by atoms with Gasteiger partial charge >= 0.3 is 0 Å². The summed E-state index contributed by atoms with van der Waals surface area (Å²) in [5.74, 6) is 0.866. The van der Waals surface area contributed by atoms with Gasteiger partial charge in [-0.1, -0.05) is 17.7 Å². The Labute approximate surface area is 173 Å². The van der Waals surface area contributed by atoms with Crippen LogP contribution in [0.25, 0.3) is 0 Å². The molecule has 0 unspecified atom stereocenters. The number of rotatable bonds is 3. The summed E-state index contributed by atoms with van der Waals surface area (Å²) in [7, 11) is 0. The summed E-state index contributed by atoms with van der Waals surface area (Å²) >= 11 is 5.87. The van der Waals surface area contributed by atoms with Crippen LogP contribution in [0, 0.1) is 0 Å². The second-order valence-electron chi connectivity index (χ2n) is 6.88. The molecule has 0 spiro atoms. The molecule has 4 rings (SSSR count). The number of carbonyl (C=O) groups is 2. The molecule has 150 valence electrons. The van der Waals surface area contributed by atoms with E-state index in [0.29, 0.717) is 29.8 Å². The molecule has 1 saturated heterocycles. The van der Waals surface area contributed by atoms with Gasteiger partial charge in [-0.3, -0.25) is 14.9 Å². The second-order valence-corrected chi connectivity index (χ2v) is 7.32. The Balaban J connectivity index is 1.40. The van der Waals surface area contributed by atoms with E-state index in [4.69, 9.17) is 11.6 Å². The second kappa shape index (κ2) is 8.48. The summed E-state index contributed by atoms with van der Waals surface area (Å²) in [6.45, 7) is 2.88. The van der Waals surface area contributed by atoms with Gasteiger partial charge in [0.1, 0.15) is 11.9 Å². The number of hydrogen-bond acceptors (Lipinski definition) is 6. The number of amides is 2. The monoisotopic (exact) mass is 412 g/mol. The van der Waals surface area contributed by atoms with Crippen LogP contribution in [0.2, 0.25) is 5.02 Å². The van der Waals surface area contributed by atoms with Crippen molar-refractivity contribution in [1.29, 1.82) is 0 Å². The van der Waals surface area contributed by atoms with Crippen LogP contribution in [0.15, 0.2) is 53.7 Å². The minimum atomic E-state index is -0.761. The summed E-state index contributed by atoms with van der Waals surface area (Å²) < 4.78 is 0. The highest BCUT2D eigenvalue weighted by atomic mass is 35.5. The maximum Gasteiger partial charge on any atom is 0.249 e. The van der Waals surface area contributed by atoms with Crippen molar-refractivity contribution in [1.82, 2.24) is 15.2 Å². The highest BCUT2D eigenvalue weighted by Gasteiger charge is 2.30. The molecule has 1 aromatic carbocycles. The van der Waals surface area contributed by atoms with Crippen LogP contribution >= 0.6 is 11.6 Å². The normalized spacial score (nSPS) is 19.4. The zero-order valence-electron chi connectivity index (χ0n) is 15.7. The number of halogens is 1. The Hall–Kier alpha value is -3.13. The Morgan fingerprint density at radius 2 is 1.79 bits per heavy atom. The maximum atomic E-state index is 12.6. The van der Waals surface area contributed by atoms with Crippen molar-refractivity contribution in [3.05, 3.63) is 53.7 Å². The summed E-state index contributed by atoms with van der Waals surface area (Å²) in [4.78, 5) is 37.8. The predicted octanol–water partition coefficient (Wildman–Crippen LogP) is 1.74. The summed E-state index contributed by atoms with van der Waals surface area (Å²) in [6.07, 6.45) is 1.80. The fourth-order valence-electron chi connectivity index (χ4n) is 3.34. The molecule has 29 heavy (non-hydrogen) atoms. The van der Waals surface area contributed by atoms with Crippen LogP contribution in [-0.2, 0) is 9.59 Å². The molecule has 2 N–H and O–H groups in total. The van der Waals surface area contributed by atoms with Crippen LogP contribution in [0.3, 0.4) is 0 Å². The maximum absolute atomic E-state index is 12.6. The zero-order chi connectivity index (χ0) is 20.2. The quantitative estimate of drug-likeness (QED) is 0.801. The van der Waals surface area contributed by atoms with Crippen molar-refractivity contribution in [3.63, 3.8) is 0 Å². The number of nitrogens with zero attached hydrogens (tertiary/aromatic N) is 4. The average molecular weight is 413 g/mol. The van der Waals surface area contributed by atoms with Gasteiger partial charge in [0, 0.05) is 43.1 Å². The lowest BCUT2D eigenvalue weighted by atomic mass is 10.1. The van der Waals surface area contributed by atoms with E-state index in [2.05, 4.69) is 25.5 Å². The van der Waals surface area contributed by atoms with Gasteiger partial charge in [0.25, 0.3) is 0 Å². The van der Waals surface area contributed by atoms with Gasteiger partial charge in [-0.25, -0.2) is 9.98 Å². The van der Waals surface area contributed by atoms with Crippen molar-refractivity contribution in [2.24, 2.45) is 4.99 Å². The Morgan fingerprint density at radius 3 is 2.48 bits per heavy atom. The van der Waals surface area contributed by atoms with Gasteiger partial charge in [-0.15, -0.1) is 0 Å². The number of aliphatic imine (C=N–C) groups is 1. The summed E-state index contributed by atoms with van der Waals surface area (Å²) in [6, 6.07) is 11.9. The zero-order valence-corrected chi connectivity index (χ0v) is 16.5. The average Bonchev–Trinajstić information content (AvgIpc) is 2.75. The molecule has 0 radical (unpaired) electrons. The largest absolute Gasteiger partial charge is 0.353 e. The highest BCUT2D eigenvalue weighted by molar-refractivity contribution is 6.30. The number of piperazine rings is 1. The summed E-state index contributed by atoms with van der Waals surface area (Å²) in [5, 5.41) is 6.18. The molecule has 0 bridgehead atoms. The van der Waals surface area contributed by atoms with Crippen molar-refractivity contribution in [2.75, 3.05) is 36.4 Å². The van der Waals surface area contributed by atoms with Gasteiger partial charge < -0.3 is 15.1 Å². The third-order valence-electron chi connectivity index (χ3n) is 4.87. The predicted molar refractivity (Wildman–Crippen MR) is 112 cm³/mol. The molecule has 8 nitrogen and oxygen atoms in total. The van der Waals surface area contributed by atoms with Crippen LogP contribution < -0.4 is 15.5 Å². The minimum Gasteiger partial charge on any atom is -0.353 e. The van der Waals surface area contributed by atoms with E-state index in [9.17, 15) is 9.59 Å². The van der Waals surface area contributed by atoms with E-state index in [-0.39, 0.29) is 18.2 Å². The van der Waals surface area contributed by atoms with E-state index in [1.165, 1.54) is 0 Å². The van der Waals surface area contributed by atoms with Gasteiger partial charge in [-0.2, -0.15) is 0 Å². The number of hydrogen-bond donors (Lipinski definition) is 2. The molecule has 2 aliphatic rings. The highest BCUT2D eigenvalue weighted by Crippen LogP contribution is 2.17. The molecule has 1 aromatic heterocycles. The van der Waals surface area contributed by atoms with E-state index < -0.39 is 6.04 Å². The first-order valence-corrected chi connectivity index (χ1v) is 9.81. The molecule has 2 aromatic rings. The lowest BCUT2D eigenvalue weighted by molar-refractivity contribution is -0.125. The fraction of sp³-hybridized carbons (Fsp3) is 0.300. The number of benzene rings is 1. The Bertz CT molecular complexity index is 910. The van der Waals surface area contributed by atoms with Crippen LogP contribution in [0.5, 0.6) is 0 Å². The molecule has 2 amide bonds.